The van der Waals surface area contributed by atoms with Gasteiger partial charge in [0, 0.05) is 12.5 Å². The average molecular weight is 262 g/mol. The van der Waals surface area contributed by atoms with Crippen LogP contribution in [-0.4, -0.2) is 36.2 Å². The summed E-state index contributed by atoms with van der Waals surface area (Å²) in [4.78, 5) is 14.2. The molecule has 0 N–H and O–H groups in total. The van der Waals surface area contributed by atoms with E-state index in [0.29, 0.717) is 5.78 Å². The van der Waals surface area contributed by atoms with Gasteiger partial charge < -0.3 is 4.90 Å². The zero-order valence-electron chi connectivity index (χ0n) is 9.13. The fourth-order valence-corrected chi connectivity index (χ4v) is 2.75. The highest BCUT2D eigenvalue weighted by molar-refractivity contribution is 9.10. The average Bonchev–Trinajstić information content (AvgIpc) is 2.11. The van der Waals surface area contributed by atoms with Gasteiger partial charge in [0.05, 0.1) is 4.83 Å². The molecule has 1 saturated carbocycles. The van der Waals surface area contributed by atoms with Crippen molar-refractivity contribution in [2.24, 2.45) is 5.92 Å². The van der Waals surface area contributed by atoms with Gasteiger partial charge in [-0.1, -0.05) is 35.2 Å². The first-order valence-corrected chi connectivity index (χ1v) is 6.35. The highest BCUT2D eigenvalue weighted by Gasteiger charge is 2.26. The molecule has 0 saturated heterocycles. The maximum atomic E-state index is 12.0. The molecule has 2 unspecified atom stereocenters. The lowest BCUT2D eigenvalue weighted by Gasteiger charge is -2.24. The third-order valence-corrected chi connectivity index (χ3v) is 3.72. The second-order valence-electron chi connectivity index (χ2n) is 4.47. The maximum Gasteiger partial charge on any atom is 0.150 e. The highest BCUT2D eigenvalue weighted by atomic mass is 79.9. The molecule has 0 heterocycles. The molecular weight excluding hydrogens is 242 g/mol. The number of Topliss-reactive ketones (excluding diaryl/α,β-unsaturated/α-hetero) is 1. The van der Waals surface area contributed by atoms with Crippen LogP contribution in [0.5, 0.6) is 0 Å². The van der Waals surface area contributed by atoms with Crippen molar-refractivity contribution in [1.82, 2.24) is 4.90 Å². The van der Waals surface area contributed by atoms with E-state index in [1.165, 1.54) is 19.3 Å². The number of nitrogens with zero attached hydrogens (tertiary/aromatic N) is 1. The van der Waals surface area contributed by atoms with Gasteiger partial charge in [-0.05, 0) is 26.9 Å². The molecule has 0 bridgehead atoms. The van der Waals surface area contributed by atoms with Crippen molar-refractivity contribution in [3.8, 4) is 0 Å². The van der Waals surface area contributed by atoms with Crippen LogP contribution >= 0.6 is 15.9 Å². The fourth-order valence-electron chi connectivity index (χ4n) is 2.05. The van der Waals surface area contributed by atoms with Crippen LogP contribution < -0.4 is 0 Å². The van der Waals surface area contributed by atoms with Gasteiger partial charge in [0.25, 0.3) is 0 Å². The molecule has 2 atom stereocenters. The molecule has 0 aromatic rings. The third kappa shape index (κ3) is 3.70. The first kappa shape index (κ1) is 12.2. The maximum absolute atomic E-state index is 12.0. The molecule has 82 valence electrons. The van der Waals surface area contributed by atoms with Crippen molar-refractivity contribution in [1.29, 1.82) is 0 Å². The molecule has 2 nitrogen and oxygen atoms in total. The molecule has 1 rings (SSSR count). The molecule has 14 heavy (non-hydrogen) atoms. The van der Waals surface area contributed by atoms with E-state index >= 15 is 0 Å². The standard InChI is InChI=1S/C11H20BrNO/c1-13(2)8-9-6-4-3-5-7-10(12)11(9)14/h9-10H,3-8H2,1-2H3. The summed E-state index contributed by atoms with van der Waals surface area (Å²) in [5, 5.41) is 0. The Morgan fingerprint density at radius 3 is 2.57 bits per heavy atom. The lowest BCUT2D eigenvalue weighted by molar-refractivity contribution is -0.123. The molecule has 1 aliphatic carbocycles. The van der Waals surface area contributed by atoms with E-state index < -0.39 is 0 Å². The van der Waals surface area contributed by atoms with Crippen LogP contribution in [0.15, 0.2) is 0 Å². The van der Waals surface area contributed by atoms with Crippen LogP contribution in [0.2, 0.25) is 0 Å². The van der Waals surface area contributed by atoms with Crippen LogP contribution in [0, 0.1) is 5.92 Å². The van der Waals surface area contributed by atoms with Crippen molar-refractivity contribution in [2.45, 2.75) is 36.9 Å². The zero-order chi connectivity index (χ0) is 10.6. The minimum absolute atomic E-state index is 0.104. The molecule has 0 aromatic carbocycles. The van der Waals surface area contributed by atoms with Gasteiger partial charge in [-0.3, -0.25) is 4.79 Å². The molecule has 0 aliphatic heterocycles. The van der Waals surface area contributed by atoms with Crippen molar-refractivity contribution in [3.63, 3.8) is 0 Å². The molecule has 0 spiro atoms. The quantitative estimate of drug-likeness (QED) is 0.712. The minimum Gasteiger partial charge on any atom is -0.309 e. The molecule has 1 fully saturated rings. The number of alkyl halides is 1. The zero-order valence-corrected chi connectivity index (χ0v) is 10.7. The van der Waals surface area contributed by atoms with Gasteiger partial charge in [0.2, 0.25) is 0 Å². The summed E-state index contributed by atoms with van der Waals surface area (Å²) < 4.78 is 0. The van der Waals surface area contributed by atoms with Crippen molar-refractivity contribution < 1.29 is 4.79 Å². The number of hydrogen-bond donors (Lipinski definition) is 0. The molecule has 0 amide bonds. The number of rotatable bonds is 2. The first-order valence-electron chi connectivity index (χ1n) is 5.44. The fraction of sp³-hybridized carbons (Fsp3) is 0.909. The van der Waals surface area contributed by atoms with Gasteiger partial charge in [-0.25, -0.2) is 0 Å². The Kier molecular flexibility index (Phi) is 5.10. The molecule has 0 radical (unpaired) electrons. The van der Waals surface area contributed by atoms with Crippen LogP contribution in [0.25, 0.3) is 0 Å². The number of carbonyl (C=O) groups is 1. The Bertz CT molecular complexity index is 194. The van der Waals surface area contributed by atoms with Crippen LogP contribution in [0.1, 0.15) is 32.1 Å². The van der Waals surface area contributed by atoms with Crippen molar-refractivity contribution in [3.05, 3.63) is 0 Å². The summed E-state index contributed by atoms with van der Waals surface area (Å²) >= 11 is 3.50. The van der Waals surface area contributed by atoms with Gasteiger partial charge in [-0.2, -0.15) is 0 Å². The van der Waals surface area contributed by atoms with Crippen LogP contribution in [-0.2, 0) is 4.79 Å². The van der Waals surface area contributed by atoms with Crippen molar-refractivity contribution >= 4 is 21.7 Å². The lowest BCUT2D eigenvalue weighted by atomic mass is 9.89. The Morgan fingerprint density at radius 2 is 1.93 bits per heavy atom. The number of halogens is 1. The van der Waals surface area contributed by atoms with E-state index in [4.69, 9.17) is 0 Å². The monoisotopic (exact) mass is 261 g/mol. The summed E-state index contributed by atoms with van der Waals surface area (Å²) in [5.74, 6) is 0.660. The summed E-state index contributed by atoms with van der Waals surface area (Å²) in [7, 11) is 4.07. The van der Waals surface area contributed by atoms with Crippen LogP contribution in [0.3, 0.4) is 0 Å². The second kappa shape index (κ2) is 5.86. The SMILES string of the molecule is CN(C)CC1CCCCCC(Br)C1=O. The predicted octanol–water partition coefficient (Wildman–Crippen LogP) is 2.46. The van der Waals surface area contributed by atoms with Gasteiger partial charge in [0.15, 0.2) is 5.78 Å². The van der Waals surface area contributed by atoms with Gasteiger partial charge in [0.1, 0.15) is 0 Å². The Labute approximate surface area is 95.2 Å². The summed E-state index contributed by atoms with van der Waals surface area (Å²) in [6.45, 7) is 0.904. The van der Waals surface area contributed by atoms with Gasteiger partial charge in [-0.15, -0.1) is 0 Å². The Hall–Kier alpha value is 0.110. The number of hydrogen-bond acceptors (Lipinski definition) is 2. The largest absolute Gasteiger partial charge is 0.309 e. The van der Waals surface area contributed by atoms with E-state index in [1.807, 2.05) is 14.1 Å². The molecule has 1 aliphatic rings. The van der Waals surface area contributed by atoms with E-state index in [1.54, 1.807) is 0 Å². The second-order valence-corrected chi connectivity index (χ2v) is 5.57. The Balaban J connectivity index is 2.54. The van der Waals surface area contributed by atoms with E-state index in [9.17, 15) is 4.79 Å². The topological polar surface area (TPSA) is 20.3 Å². The van der Waals surface area contributed by atoms with E-state index in [-0.39, 0.29) is 10.7 Å². The molecule has 3 heteroatoms. The smallest absolute Gasteiger partial charge is 0.150 e. The number of carbonyl (C=O) groups excluding carboxylic acids is 1. The number of ketones is 1. The summed E-state index contributed by atoms with van der Waals surface area (Å²) in [6.07, 6.45) is 5.77. The lowest BCUT2D eigenvalue weighted by Crippen LogP contribution is -2.33. The third-order valence-electron chi connectivity index (χ3n) is 2.81. The van der Waals surface area contributed by atoms with Crippen molar-refractivity contribution in [2.75, 3.05) is 20.6 Å². The van der Waals surface area contributed by atoms with Crippen LogP contribution in [0.4, 0.5) is 0 Å². The summed E-state index contributed by atoms with van der Waals surface area (Å²) in [6, 6.07) is 0. The normalized spacial score (nSPS) is 30.1. The molecule has 0 aromatic heterocycles. The first-order chi connectivity index (χ1) is 6.61. The summed E-state index contributed by atoms with van der Waals surface area (Å²) in [5.41, 5.74) is 0. The predicted molar refractivity (Wildman–Crippen MR) is 62.9 cm³/mol. The van der Waals surface area contributed by atoms with E-state index in [2.05, 4.69) is 20.8 Å². The van der Waals surface area contributed by atoms with Gasteiger partial charge >= 0.3 is 0 Å². The molecular formula is C11H20BrNO. The minimum atomic E-state index is 0.104. The van der Waals surface area contributed by atoms with E-state index in [0.717, 1.165) is 19.4 Å². The highest BCUT2D eigenvalue weighted by Crippen LogP contribution is 2.24. The Morgan fingerprint density at radius 1 is 1.29 bits per heavy atom.